The summed E-state index contributed by atoms with van der Waals surface area (Å²) < 4.78 is 3.48. The molecule has 2 aliphatic heterocycles. The largest absolute Gasteiger partial charge is 0.340 e. The molecule has 1 fully saturated rings. The Balaban J connectivity index is 1.59. The number of fused-ring (bicyclic) bond motifs is 1. The Morgan fingerprint density at radius 1 is 1.04 bits per heavy atom. The van der Waals surface area contributed by atoms with E-state index >= 15 is 0 Å². The van der Waals surface area contributed by atoms with Crippen LogP contribution in [0.4, 0.5) is 0 Å². The van der Waals surface area contributed by atoms with E-state index in [-0.39, 0.29) is 11.8 Å². The Bertz CT molecular complexity index is 815. The molecule has 0 aliphatic carbocycles. The van der Waals surface area contributed by atoms with Crippen molar-refractivity contribution in [3.8, 4) is 0 Å². The van der Waals surface area contributed by atoms with Gasteiger partial charge >= 0.3 is 0 Å². The second-order valence-electron chi connectivity index (χ2n) is 6.48. The second-order valence-corrected chi connectivity index (χ2v) is 6.48. The number of amides is 2. The van der Waals surface area contributed by atoms with Crippen LogP contribution in [0.2, 0.25) is 0 Å². The van der Waals surface area contributed by atoms with Crippen LogP contribution in [0.15, 0.2) is 12.5 Å². The number of carbonyl (C=O) groups is 2. The van der Waals surface area contributed by atoms with Crippen LogP contribution >= 0.6 is 0 Å². The quantitative estimate of drug-likeness (QED) is 0.806. The van der Waals surface area contributed by atoms with Crippen molar-refractivity contribution < 1.29 is 9.59 Å². The molecular formula is C16H20N6O2. The number of rotatable bonds is 2. The van der Waals surface area contributed by atoms with Crippen molar-refractivity contribution in [2.24, 2.45) is 14.1 Å². The Kier molecular flexibility index (Phi) is 3.40. The molecule has 2 aromatic rings. The fourth-order valence-electron chi connectivity index (χ4n) is 3.46. The molecule has 0 atom stereocenters. The maximum absolute atomic E-state index is 12.7. The third kappa shape index (κ3) is 2.29. The maximum Gasteiger partial charge on any atom is 0.274 e. The molecule has 2 aliphatic rings. The first kappa shape index (κ1) is 14.9. The molecule has 0 saturated carbocycles. The number of imidazole rings is 1. The molecule has 0 spiro atoms. The first-order chi connectivity index (χ1) is 11.5. The van der Waals surface area contributed by atoms with E-state index in [4.69, 9.17) is 0 Å². The van der Waals surface area contributed by atoms with Crippen LogP contribution in [0, 0.1) is 0 Å². The van der Waals surface area contributed by atoms with Gasteiger partial charge in [-0.05, 0) is 12.8 Å². The second kappa shape index (κ2) is 5.47. The van der Waals surface area contributed by atoms with E-state index in [2.05, 4.69) is 10.1 Å². The number of nitrogens with zero attached hydrogens (tertiary/aromatic N) is 6. The van der Waals surface area contributed by atoms with Crippen LogP contribution < -0.4 is 0 Å². The Hall–Kier alpha value is -2.64. The lowest BCUT2D eigenvalue weighted by atomic mass is 10.2. The summed E-state index contributed by atoms with van der Waals surface area (Å²) in [6, 6.07) is 0. The van der Waals surface area contributed by atoms with Crippen molar-refractivity contribution >= 4 is 11.8 Å². The molecule has 0 N–H and O–H groups in total. The lowest BCUT2D eigenvalue weighted by molar-refractivity contribution is 0.0732. The van der Waals surface area contributed by atoms with Gasteiger partial charge in [0.05, 0.1) is 25.1 Å². The zero-order valence-electron chi connectivity index (χ0n) is 13.9. The average molecular weight is 328 g/mol. The summed E-state index contributed by atoms with van der Waals surface area (Å²) in [6.07, 6.45) is 5.41. The average Bonchev–Trinajstić information content (AvgIpc) is 3.32. The Labute approximate surface area is 139 Å². The van der Waals surface area contributed by atoms with E-state index in [1.807, 2.05) is 19.0 Å². The SMILES string of the molecule is Cn1cnc(C(=O)N2Cc3c(C(=O)N4CCCC4)nn(C)c3C2)c1. The van der Waals surface area contributed by atoms with Crippen LogP contribution in [-0.4, -0.2) is 54.0 Å². The maximum atomic E-state index is 12.7. The summed E-state index contributed by atoms with van der Waals surface area (Å²) in [7, 11) is 3.66. The number of hydrogen-bond donors (Lipinski definition) is 0. The minimum absolute atomic E-state index is 0.0171. The lowest BCUT2D eigenvalue weighted by Crippen LogP contribution is -2.30. The summed E-state index contributed by atoms with van der Waals surface area (Å²) in [5.41, 5.74) is 2.72. The van der Waals surface area contributed by atoms with Crippen LogP contribution in [0.1, 0.15) is 45.1 Å². The van der Waals surface area contributed by atoms with E-state index in [0.717, 1.165) is 37.2 Å². The summed E-state index contributed by atoms with van der Waals surface area (Å²) in [5, 5.41) is 4.42. The molecule has 0 radical (unpaired) electrons. The Morgan fingerprint density at radius 3 is 2.46 bits per heavy atom. The van der Waals surface area contributed by atoms with E-state index < -0.39 is 0 Å². The monoisotopic (exact) mass is 328 g/mol. The zero-order chi connectivity index (χ0) is 16.8. The van der Waals surface area contributed by atoms with Gasteiger partial charge in [0, 0.05) is 38.9 Å². The highest BCUT2D eigenvalue weighted by atomic mass is 16.2. The smallest absolute Gasteiger partial charge is 0.274 e. The van der Waals surface area contributed by atoms with Crippen molar-refractivity contribution in [1.82, 2.24) is 29.1 Å². The predicted octanol–water partition coefficient (Wildman–Crippen LogP) is 0.546. The fraction of sp³-hybridized carbons (Fsp3) is 0.500. The third-order valence-electron chi connectivity index (χ3n) is 4.77. The highest BCUT2D eigenvalue weighted by Gasteiger charge is 2.34. The highest BCUT2D eigenvalue weighted by Crippen LogP contribution is 2.28. The van der Waals surface area contributed by atoms with E-state index in [1.54, 1.807) is 26.7 Å². The van der Waals surface area contributed by atoms with Crippen molar-refractivity contribution in [3.05, 3.63) is 35.2 Å². The van der Waals surface area contributed by atoms with Crippen molar-refractivity contribution in [2.45, 2.75) is 25.9 Å². The van der Waals surface area contributed by atoms with Gasteiger partial charge in [0.1, 0.15) is 5.69 Å². The first-order valence-corrected chi connectivity index (χ1v) is 8.16. The van der Waals surface area contributed by atoms with Gasteiger partial charge in [-0.1, -0.05) is 0 Å². The Morgan fingerprint density at radius 2 is 1.79 bits per heavy atom. The summed E-state index contributed by atoms with van der Waals surface area (Å²) in [5.74, 6) is -0.136. The molecule has 4 rings (SSSR count). The molecule has 4 heterocycles. The zero-order valence-corrected chi connectivity index (χ0v) is 13.9. The lowest BCUT2D eigenvalue weighted by Gasteiger charge is -2.16. The van der Waals surface area contributed by atoms with Crippen LogP contribution in [0.3, 0.4) is 0 Å². The molecule has 8 nitrogen and oxygen atoms in total. The first-order valence-electron chi connectivity index (χ1n) is 8.16. The van der Waals surface area contributed by atoms with Gasteiger partial charge in [-0.25, -0.2) is 4.98 Å². The van der Waals surface area contributed by atoms with Crippen molar-refractivity contribution in [1.29, 1.82) is 0 Å². The van der Waals surface area contributed by atoms with Gasteiger partial charge < -0.3 is 14.4 Å². The van der Waals surface area contributed by atoms with Gasteiger partial charge in [0.25, 0.3) is 11.8 Å². The summed E-state index contributed by atoms with van der Waals surface area (Å²) in [6.45, 7) is 2.45. The number of likely N-dealkylation sites (tertiary alicyclic amines) is 1. The fourth-order valence-corrected chi connectivity index (χ4v) is 3.46. The predicted molar refractivity (Wildman–Crippen MR) is 85.1 cm³/mol. The minimum Gasteiger partial charge on any atom is -0.340 e. The van der Waals surface area contributed by atoms with Gasteiger partial charge in [0.2, 0.25) is 0 Å². The van der Waals surface area contributed by atoms with Crippen LogP contribution in [0.25, 0.3) is 0 Å². The van der Waals surface area contributed by atoms with Crippen LogP contribution in [-0.2, 0) is 27.2 Å². The number of aromatic nitrogens is 4. The molecule has 0 bridgehead atoms. The molecule has 0 unspecified atom stereocenters. The van der Waals surface area contributed by atoms with Gasteiger partial charge in [-0.2, -0.15) is 5.10 Å². The molecule has 8 heteroatoms. The van der Waals surface area contributed by atoms with E-state index in [1.165, 1.54) is 0 Å². The molecule has 2 aromatic heterocycles. The minimum atomic E-state index is -0.119. The molecular weight excluding hydrogens is 308 g/mol. The van der Waals surface area contributed by atoms with Crippen molar-refractivity contribution in [3.63, 3.8) is 0 Å². The summed E-state index contributed by atoms with van der Waals surface area (Å²) in [4.78, 5) is 33.0. The van der Waals surface area contributed by atoms with Crippen molar-refractivity contribution in [2.75, 3.05) is 13.1 Å². The van der Waals surface area contributed by atoms with E-state index in [9.17, 15) is 9.59 Å². The van der Waals surface area contributed by atoms with Crippen LogP contribution in [0.5, 0.6) is 0 Å². The van der Waals surface area contributed by atoms with E-state index in [0.29, 0.717) is 24.5 Å². The topological polar surface area (TPSA) is 76.3 Å². The van der Waals surface area contributed by atoms with Gasteiger partial charge in [0.15, 0.2) is 5.69 Å². The normalized spacial score (nSPS) is 16.8. The number of aryl methyl sites for hydroxylation is 2. The van der Waals surface area contributed by atoms with Gasteiger partial charge in [-0.3, -0.25) is 14.3 Å². The molecule has 1 saturated heterocycles. The third-order valence-corrected chi connectivity index (χ3v) is 4.77. The molecule has 126 valence electrons. The standard InChI is InChI=1S/C16H20N6O2/c1-19-8-12(17-10-19)15(23)22-7-11-13(9-22)20(2)18-14(11)16(24)21-5-3-4-6-21/h8,10H,3-7,9H2,1-2H3. The molecule has 2 amide bonds. The number of hydrogen-bond acceptors (Lipinski definition) is 4. The highest BCUT2D eigenvalue weighted by molar-refractivity contribution is 5.96. The molecule has 0 aromatic carbocycles. The van der Waals surface area contributed by atoms with Gasteiger partial charge in [-0.15, -0.1) is 0 Å². The number of carbonyl (C=O) groups excluding carboxylic acids is 2. The molecule has 24 heavy (non-hydrogen) atoms. The summed E-state index contributed by atoms with van der Waals surface area (Å²) >= 11 is 0.